The molecule has 0 saturated carbocycles. The van der Waals surface area contributed by atoms with E-state index in [1.807, 2.05) is 0 Å². The van der Waals surface area contributed by atoms with E-state index in [-0.39, 0.29) is 0 Å². The van der Waals surface area contributed by atoms with Crippen LogP contribution in [0.4, 0.5) is 0 Å². The fraction of sp³-hybridized carbons (Fsp3) is 0.800. The summed E-state index contributed by atoms with van der Waals surface area (Å²) < 4.78 is 4.90. The fourth-order valence-corrected chi connectivity index (χ4v) is 0.408. The molecule has 0 aromatic heterocycles. The summed E-state index contributed by atoms with van der Waals surface area (Å²) in [6.45, 7) is 1.33. The lowest BCUT2D eigenvalue weighted by Crippen LogP contribution is -2.01. The average Bonchev–Trinajstić information content (AvgIpc) is 2.03. The van der Waals surface area contributed by atoms with Gasteiger partial charge in [0.2, 0.25) is 6.08 Å². The Morgan fingerprint density at radius 3 is 2.82 bits per heavy atom. The number of rotatable bonds is 6. The maximum atomic E-state index is 9.53. The zero-order valence-corrected chi connectivity index (χ0v) is 5.93. The van der Waals surface area contributed by atoms with Crippen LogP contribution in [-0.4, -0.2) is 32.4 Å². The predicted octanol–water partition coefficient (Wildman–Crippen LogP) is 0.649. The summed E-state index contributed by atoms with van der Waals surface area (Å²) in [6.07, 6.45) is 1.38. The highest BCUT2D eigenvalue weighted by Gasteiger charge is 1.84. The number of ether oxygens (including phenoxy) is 1. The van der Waals surface area contributed by atoms with E-state index in [9.17, 15) is 4.79 Å². The Kier molecular flexibility index (Phi) is 7.59. The monoisotopic (exact) mass is 156 g/mol. The number of hydrogen-bond donors (Lipinski definition) is 0. The van der Waals surface area contributed by atoms with Gasteiger partial charge in [-0.2, -0.15) is 0 Å². The lowest BCUT2D eigenvalue weighted by atomic mass is 10.7. The van der Waals surface area contributed by atoms with Crippen LogP contribution < -0.4 is 0 Å². The Balaban J connectivity index is 3.02. The summed E-state index contributed by atoms with van der Waals surface area (Å²) in [4.78, 5) is 15.3. The van der Waals surface area contributed by atoms with Crippen molar-refractivity contribution in [2.45, 2.75) is 0 Å². The van der Waals surface area contributed by atoms with E-state index in [0.717, 1.165) is 0 Å². The molecule has 11 heavy (non-hydrogen) atoms. The van der Waals surface area contributed by atoms with Gasteiger partial charge in [-0.25, -0.2) is 9.79 Å². The van der Waals surface area contributed by atoms with Gasteiger partial charge in [0.1, 0.15) is 0 Å². The first-order valence-corrected chi connectivity index (χ1v) is 3.04. The van der Waals surface area contributed by atoms with Crippen LogP contribution in [-0.2, 0) is 9.53 Å². The molecule has 0 aromatic carbocycles. The molecule has 0 aliphatic heterocycles. The van der Waals surface area contributed by atoms with E-state index >= 15 is 0 Å². The van der Waals surface area contributed by atoms with Crippen molar-refractivity contribution in [1.82, 2.24) is 0 Å². The second-order valence-electron chi connectivity index (χ2n) is 1.54. The van der Waals surface area contributed by atoms with Crippen molar-refractivity contribution >= 4 is 6.08 Å². The van der Waals surface area contributed by atoms with Crippen LogP contribution >= 0.6 is 0 Å². The minimum absolute atomic E-state index is 0.305. The normalized spacial score (nSPS) is 8.00. The standard InChI is InChI=1S/C5H8N4O2/c6-9-8-2-4-11-3-1-7-5-10/h1-4H2. The van der Waals surface area contributed by atoms with Crippen LogP contribution in [0.15, 0.2) is 10.1 Å². The summed E-state index contributed by atoms with van der Waals surface area (Å²) in [5, 5.41) is 3.24. The first-order chi connectivity index (χ1) is 5.41. The lowest BCUT2D eigenvalue weighted by molar-refractivity contribution is 0.149. The summed E-state index contributed by atoms with van der Waals surface area (Å²) in [5.41, 5.74) is 7.84. The van der Waals surface area contributed by atoms with E-state index in [1.165, 1.54) is 6.08 Å². The molecule has 0 rings (SSSR count). The Bertz CT molecular complexity index is 161. The van der Waals surface area contributed by atoms with E-state index < -0.39 is 0 Å². The topological polar surface area (TPSA) is 87.4 Å². The highest BCUT2D eigenvalue weighted by molar-refractivity contribution is 5.32. The molecule has 0 fully saturated rings. The van der Waals surface area contributed by atoms with Crippen LogP contribution in [0.3, 0.4) is 0 Å². The van der Waals surface area contributed by atoms with Gasteiger partial charge in [0.05, 0.1) is 19.8 Å². The third kappa shape index (κ3) is 8.65. The van der Waals surface area contributed by atoms with E-state index in [0.29, 0.717) is 26.3 Å². The smallest absolute Gasteiger partial charge is 0.235 e. The van der Waals surface area contributed by atoms with Gasteiger partial charge in [0, 0.05) is 11.5 Å². The molecule has 6 nitrogen and oxygen atoms in total. The molecule has 0 radical (unpaired) electrons. The van der Waals surface area contributed by atoms with Crippen LogP contribution in [0.1, 0.15) is 0 Å². The molecule has 6 heteroatoms. The number of hydrogen-bond acceptors (Lipinski definition) is 4. The molecule has 0 aliphatic carbocycles. The van der Waals surface area contributed by atoms with Crippen LogP contribution in [0.2, 0.25) is 0 Å². The molecule has 0 atom stereocenters. The molecule has 0 unspecified atom stereocenters. The van der Waals surface area contributed by atoms with Gasteiger partial charge in [-0.3, -0.25) is 0 Å². The second-order valence-corrected chi connectivity index (χ2v) is 1.54. The molecule has 0 amide bonds. The molecule has 0 spiro atoms. The Morgan fingerprint density at radius 2 is 2.18 bits per heavy atom. The lowest BCUT2D eigenvalue weighted by Gasteiger charge is -1.95. The number of isocyanates is 1. The van der Waals surface area contributed by atoms with Crippen LogP contribution in [0.25, 0.3) is 10.4 Å². The fourth-order valence-electron chi connectivity index (χ4n) is 0.408. The Morgan fingerprint density at radius 1 is 1.45 bits per heavy atom. The zero-order valence-electron chi connectivity index (χ0n) is 5.93. The summed E-state index contributed by atoms with van der Waals surface area (Å²) in [5.74, 6) is 0. The molecule has 0 heterocycles. The molecule has 0 aromatic rings. The number of nitrogens with zero attached hydrogens (tertiary/aromatic N) is 4. The first-order valence-electron chi connectivity index (χ1n) is 3.04. The number of aliphatic imine (C=N–C) groups is 1. The van der Waals surface area contributed by atoms with Crippen molar-refractivity contribution < 1.29 is 9.53 Å². The summed E-state index contributed by atoms with van der Waals surface area (Å²) >= 11 is 0. The second kappa shape index (κ2) is 8.65. The largest absolute Gasteiger partial charge is 0.379 e. The molecule has 60 valence electrons. The zero-order chi connectivity index (χ0) is 8.36. The van der Waals surface area contributed by atoms with Gasteiger partial charge < -0.3 is 4.74 Å². The van der Waals surface area contributed by atoms with Crippen molar-refractivity contribution in [3.63, 3.8) is 0 Å². The van der Waals surface area contributed by atoms with Crippen LogP contribution in [0, 0.1) is 0 Å². The van der Waals surface area contributed by atoms with Crippen molar-refractivity contribution in [2.75, 3.05) is 26.3 Å². The van der Waals surface area contributed by atoms with Crippen molar-refractivity contribution in [3.8, 4) is 0 Å². The minimum atomic E-state index is 0.305. The molecule has 0 bridgehead atoms. The Hall–Kier alpha value is -1.35. The van der Waals surface area contributed by atoms with E-state index in [1.54, 1.807) is 0 Å². The highest BCUT2D eigenvalue weighted by Crippen LogP contribution is 1.77. The molecular weight excluding hydrogens is 148 g/mol. The van der Waals surface area contributed by atoms with Gasteiger partial charge in [0.25, 0.3) is 0 Å². The third-order valence-corrected chi connectivity index (χ3v) is 0.811. The minimum Gasteiger partial charge on any atom is -0.379 e. The van der Waals surface area contributed by atoms with Crippen LogP contribution in [0.5, 0.6) is 0 Å². The van der Waals surface area contributed by atoms with Crippen molar-refractivity contribution in [3.05, 3.63) is 10.4 Å². The number of azide groups is 1. The first kappa shape index (κ1) is 9.65. The molecule has 0 N–H and O–H groups in total. The van der Waals surface area contributed by atoms with E-state index in [2.05, 4.69) is 15.0 Å². The predicted molar refractivity (Wildman–Crippen MR) is 37.8 cm³/mol. The maximum Gasteiger partial charge on any atom is 0.235 e. The summed E-state index contributed by atoms with van der Waals surface area (Å²) in [7, 11) is 0. The molecule has 0 saturated heterocycles. The summed E-state index contributed by atoms with van der Waals surface area (Å²) in [6, 6.07) is 0. The molecule has 0 aliphatic rings. The van der Waals surface area contributed by atoms with E-state index in [4.69, 9.17) is 10.3 Å². The van der Waals surface area contributed by atoms with Gasteiger partial charge >= 0.3 is 0 Å². The van der Waals surface area contributed by atoms with Gasteiger partial charge in [-0.15, -0.1) is 0 Å². The maximum absolute atomic E-state index is 9.53. The van der Waals surface area contributed by atoms with Gasteiger partial charge in [-0.05, 0) is 5.53 Å². The number of carbonyl (C=O) groups excluding carboxylic acids is 1. The highest BCUT2D eigenvalue weighted by atomic mass is 16.5. The van der Waals surface area contributed by atoms with Gasteiger partial charge in [0.15, 0.2) is 0 Å². The average molecular weight is 156 g/mol. The SMILES string of the molecule is [N-]=[N+]=NCCOCCN=C=O. The van der Waals surface area contributed by atoms with Crippen molar-refractivity contribution in [2.24, 2.45) is 10.1 Å². The van der Waals surface area contributed by atoms with Gasteiger partial charge in [-0.1, -0.05) is 5.11 Å². The quantitative estimate of drug-likeness (QED) is 0.141. The van der Waals surface area contributed by atoms with Crippen molar-refractivity contribution in [1.29, 1.82) is 0 Å². The molecular formula is C5H8N4O2. The third-order valence-electron chi connectivity index (χ3n) is 0.811. The Labute approximate surface area is 63.5 Å².